The zero-order valence-electron chi connectivity index (χ0n) is 49.7. The third-order valence-electron chi connectivity index (χ3n) is 14.2. The number of carbonyl (C=O) groups excluding carboxylic acids is 9. The highest BCUT2D eigenvalue weighted by Gasteiger charge is 2.46. The van der Waals surface area contributed by atoms with Crippen molar-refractivity contribution in [3.63, 3.8) is 0 Å². The lowest BCUT2D eigenvalue weighted by Crippen LogP contribution is -2.63. The molecule has 0 fully saturated rings. The number of anilines is 1. The molecule has 0 saturated heterocycles. The summed E-state index contributed by atoms with van der Waals surface area (Å²) < 4.78 is 18.0. The molecule has 1 unspecified atom stereocenters. The number of Topliss-reactive ketones (excluding diaryl/α,β-unsaturated/α-hetero) is 1. The molecule has 0 saturated carbocycles. The van der Waals surface area contributed by atoms with Crippen molar-refractivity contribution in [3.8, 4) is 0 Å². The highest BCUT2D eigenvalue weighted by molar-refractivity contribution is 5.98. The Morgan fingerprint density at radius 1 is 0.787 bits per heavy atom. The molecule has 21 heteroatoms. The molecular formula is C59H89N9O12. The second kappa shape index (κ2) is 30.3. The van der Waals surface area contributed by atoms with Crippen molar-refractivity contribution in [2.75, 3.05) is 39.2 Å². The van der Waals surface area contributed by atoms with Crippen LogP contribution in [0, 0.1) is 23.2 Å². The lowest BCUT2D eigenvalue weighted by atomic mass is 9.76. The van der Waals surface area contributed by atoms with Crippen LogP contribution in [0.1, 0.15) is 126 Å². The van der Waals surface area contributed by atoms with E-state index in [2.05, 4.69) is 21.3 Å². The van der Waals surface area contributed by atoms with E-state index in [4.69, 9.17) is 25.7 Å². The Morgan fingerprint density at radius 2 is 1.41 bits per heavy atom. The Labute approximate surface area is 472 Å². The number of nitrogens with two attached hydrogens (primary N) is 2. The van der Waals surface area contributed by atoms with Crippen LogP contribution in [-0.2, 0) is 66.8 Å². The summed E-state index contributed by atoms with van der Waals surface area (Å²) in [6.45, 7) is 21.6. The molecule has 6 atom stereocenters. The number of hydrogen-bond acceptors (Lipinski definition) is 13. The number of benzene rings is 2. The third-order valence-corrected chi connectivity index (χ3v) is 14.2. The lowest BCUT2D eigenvalue weighted by molar-refractivity contribution is -0.148. The van der Waals surface area contributed by atoms with Gasteiger partial charge in [0.25, 0.3) is 0 Å². The minimum Gasteiger partial charge on any atom is -0.466 e. The van der Waals surface area contributed by atoms with Crippen molar-refractivity contribution in [3.05, 3.63) is 77.5 Å². The molecule has 8 N–H and O–H groups in total. The van der Waals surface area contributed by atoms with Gasteiger partial charge in [-0.05, 0) is 86.6 Å². The van der Waals surface area contributed by atoms with E-state index >= 15 is 4.79 Å². The van der Waals surface area contributed by atoms with E-state index in [1.165, 1.54) is 16.8 Å². The minimum atomic E-state index is -1.27. The molecule has 3 rings (SSSR count). The quantitative estimate of drug-likeness (QED) is 0.0190. The van der Waals surface area contributed by atoms with Gasteiger partial charge in [0.1, 0.15) is 24.7 Å². The van der Waals surface area contributed by atoms with Crippen molar-refractivity contribution >= 4 is 70.1 Å². The van der Waals surface area contributed by atoms with Crippen LogP contribution in [0.4, 0.5) is 15.3 Å². The highest BCUT2D eigenvalue weighted by atomic mass is 16.6. The Kier molecular flexibility index (Phi) is 25.4. The van der Waals surface area contributed by atoms with Gasteiger partial charge < -0.3 is 56.4 Å². The van der Waals surface area contributed by atoms with Gasteiger partial charge in [-0.1, -0.05) is 98.7 Å². The Balaban J connectivity index is 1.95. The normalized spacial score (nSPS) is 14.2. The summed E-state index contributed by atoms with van der Waals surface area (Å²) in [5, 5.41) is 11.9. The summed E-state index contributed by atoms with van der Waals surface area (Å²) >= 11 is 0. The molecule has 0 spiro atoms. The van der Waals surface area contributed by atoms with Crippen LogP contribution in [0.2, 0.25) is 0 Å². The summed E-state index contributed by atoms with van der Waals surface area (Å²) in [4.78, 5) is 124. The fourth-order valence-electron chi connectivity index (χ4n) is 9.47. The topological polar surface area (TPSA) is 293 Å². The SMILES string of the molecule is CCOC(=O)CC[C@@H](NC(=O)/C(C)=C/[C@H](C(C)C)N(C)C(=O)[C@@H](NC(=O)[C@@H](N(C)C(=O)OCc1ccc(NC(=O)[C@H](CCCNC(N)=O)CC(=O)C(N)C(C)C)cc1)C(C)(C)c1cn(C)c2ccccc12)C(C)(C)C)C(=O)OCC. The number of nitrogens with zero attached hydrogens (tertiary/aromatic N) is 3. The molecular weight excluding hydrogens is 1030 g/mol. The second-order valence-electron chi connectivity index (χ2n) is 22.7. The molecule has 0 radical (unpaired) electrons. The number of fused-ring (bicyclic) bond motifs is 1. The van der Waals surface area contributed by atoms with Gasteiger partial charge in [0.15, 0.2) is 5.78 Å². The summed E-state index contributed by atoms with van der Waals surface area (Å²) in [7, 11) is 4.94. The van der Waals surface area contributed by atoms with Gasteiger partial charge in [-0.15, -0.1) is 0 Å². The predicted molar refractivity (Wildman–Crippen MR) is 306 cm³/mol. The maximum absolute atomic E-state index is 15.3. The standard InChI is InChI=1S/C59H89N9O12/c1-16-78-47(70)29-28-43(55(75)79-17-2)64-51(71)37(7)31-45(35(3)4)67(14)54(74)49(58(8,9)10)65-53(73)50(59(11,12)42-33-66(13)44-23-19-18-22-41(42)44)68(15)57(77)80-34-38-24-26-40(27-25-38)63-52(72)39(21-20-30-62-56(61)76)32-46(69)48(60)36(5)6/h18-19,22-27,31,33,35-36,39,43,45,48-50H,16-17,20-21,28-30,32,34,60H2,1-15H3,(H,63,72)(H,64,71)(H,65,73)(H3,61,62,76)/b37-31+/t39-,43-,45-,48?,49-,50-/m1/s1. The molecule has 0 aliphatic carbocycles. The van der Waals surface area contributed by atoms with Crippen LogP contribution in [0.15, 0.2) is 66.4 Å². The second-order valence-corrected chi connectivity index (χ2v) is 22.7. The number of ketones is 1. The van der Waals surface area contributed by atoms with E-state index in [1.807, 2.05) is 104 Å². The van der Waals surface area contributed by atoms with Gasteiger partial charge in [-0.3, -0.25) is 33.7 Å². The van der Waals surface area contributed by atoms with Crippen LogP contribution < -0.4 is 32.7 Å². The fourth-order valence-corrected chi connectivity index (χ4v) is 9.47. The van der Waals surface area contributed by atoms with E-state index in [0.29, 0.717) is 17.7 Å². The summed E-state index contributed by atoms with van der Waals surface area (Å²) in [6.07, 6.45) is 3.10. The summed E-state index contributed by atoms with van der Waals surface area (Å²) in [5.41, 5.74) is 12.1. The number of rotatable bonds is 29. The molecule has 1 aromatic heterocycles. The van der Waals surface area contributed by atoms with E-state index < -0.39 is 94.6 Å². The molecule has 7 amide bonds. The maximum Gasteiger partial charge on any atom is 0.410 e. The van der Waals surface area contributed by atoms with E-state index in [0.717, 1.165) is 16.5 Å². The maximum atomic E-state index is 15.3. The zero-order chi connectivity index (χ0) is 60.4. The molecule has 80 heavy (non-hydrogen) atoms. The molecule has 0 aliphatic rings. The first-order chi connectivity index (χ1) is 37.4. The highest BCUT2D eigenvalue weighted by Crippen LogP contribution is 2.37. The molecule has 0 aliphatic heterocycles. The molecule has 1 heterocycles. The van der Waals surface area contributed by atoms with Gasteiger partial charge in [-0.2, -0.15) is 0 Å². The molecule has 0 bridgehead atoms. The smallest absolute Gasteiger partial charge is 0.410 e. The number of amides is 7. The number of aromatic nitrogens is 1. The van der Waals surface area contributed by atoms with Crippen molar-refractivity contribution < 1.29 is 57.4 Å². The van der Waals surface area contributed by atoms with Crippen molar-refractivity contribution in [1.29, 1.82) is 0 Å². The van der Waals surface area contributed by atoms with Crippen LogP contribution in [-0.4, -0.2) is 132 Å². The van der Waals surface area contributed by atoms with Crippen LogP contribution in [0.5, 0.6) is 0 Å². The average Bonchev–Trinajstić information content (AvgIpc) is 3.75. The number of nitrogens with one attached hydrogen (secondary N) is 4. The summed E-state index contributed by atoms with van der Waals surface area (Å²) in [6, 6.07) is 8.58. The Morgan fingerprint density at radius 3 is 1.99 bits per heavy atom. The predicted octanol–water partition coefficient (Wildman–Crippen LogP) is 6.39. The van der Waals surface area contributed by atoms with Gasteiger partial charge in [0, 0.05) is 80.2 Å². The first kappa shape index (κ1) is 67.0. The number of aryl methyl sites for hydroxylation is 1. The van der Waals surface area contributed by atoms with Crippen molar-refractivity contribution in [2.24, 2.45) is 41.7 Å². The number of ether oxygens (including phenoxy) is 3. The van der Waals surface area contributed by atoms with Crippen LogP contribution in [0.25, 0.3) is 10.9 Å². The number of urea groups is 1. The van der Waals surface area contributed by atoms with Crippen LogP contribution >= 0.6 is 0 Å². The monoisotopic (exact) mass is 1120 g/mol. The number of esters is 2. The molecule has 21 nitrogen and oxygen atoms in total. The van der Waals surface area contributed by atoms with Crippen LogP contribution in [0.3, 0.4) is 0 Å². The summed E-state index contributed by atoms with van der Waals surface area (Å²) in [5.74, 6) is -4.73. The lowest BCUT2D eigenvalue weighted by Gasteiger charge is -2.42. The largest absolute Gasteiger partial charge is 0.466 e. The Bertz CT molecular complexity index is 2670. The van der Waals surface area contributed by atoms with E-state index in [-0.39, 0.29) is 75.2 Å². The first-order valence-electron chi connectivity index (χ1n) is 27.4. The van der Waals surface area contributed by atoms with Crippen molar-refractivity contribution in [1.82, 2.24) is 30.3 Å². The van der Waals surface area contributed by atoms with E-state index in [9.17, 15) is 38.4 Å². The molecule has 3 aromatic rings. The molecule has 2 aromatic carbocycles. The van der Waals surface area contributed by atoms with Gasteiger partial charge in [0.05, 0.1) is 25.3 Å². The number of likely N-dealkylation sites (N-methyl/N-ethyl adjacent to an activating group) is 2. The van der Waals surface area contributed by atoms with Gasteiger partial charge in [0.2, 0.25) is 23.6 Å². The number of primary amides is 1. The minimum absolute atomic E-state index is 0.0529. The number of carbonyl (C=O) groups is 9. The average molecular weight is 1120 g/mol. The Hall–Kier alpha value is -7.29. The number of hydrogen-bond donors (Lipinski definition) is 6. The molecule has 442 valence electrons. The van der Waals surface area contributed by atoms with Gasteiger partial charge in [-0.25, -0.2) is 14.4 Å². The zero-order valence-corrected chi connectivity index (χ0v) is 49.7. The van der Waals surface area contributed by atoms with Crippen molar-refractivity contribution in [2.45, 2.75) is 157 Å². The first-order valence-corrected chi connectivity index (χ1v) is 27.4. The van der Waals surface area contributed by atoms with Gasteiger partial charge >= 0.3 is 24.1 Å². The fraction of sp³-hybridized carbons (Fsp3) is 0.576. The van der Waals surface area contributed by atoms with E-state index in [1.54, 1.807) is 58.2 Å². The third kappa shape index (κ3) is 18.9. The number of para-hydroxylation sites is 1.